The van der Waals surface area contributed by atoms with E-state index in [1.165, 1.54) is 10.2 Å². The number of furan rings is 1. The molecule has 1 aromatic carbocycles. The number of benzene rings is 1. The molecule has 4 aromatic heterocycles. The molecule has 13 nitrogen and oxygen atoms in total. The normalized spacial score (nSPS) is 15.3. The molecule has 0 saturated carbocycles. The number of rotatable bonds is 9. The lowest BCUT2D eigenvalue weighted by Crippen LogP contribution is -2.47. The largest absolute Gasteiger partial charge is 0.488 e. The van der Waals surface area contributed by atoms with Gasteiger partial charge in [0.05, 0.1) is 12.9 Å². The Bertz CT molecular complexity index is 1660. The number of nitrogens with zero attached hydrogens (tertiary/aromatic N) is 8. The highest BCUT2D eigenvalue weighted by Crippen LogP contribution is 2.24. The van der Waals surface area contributed by atoms with E-state index in [4.69, 9.17) is 19.6 Å². The number of nitrogens with two attached hydrogens (primary N) is 1. The average Bonchev–Trinajstić information content (AvgIpc) is 3.69. The molecule has 40 heavy (non-hydrogen) atoms. The first-order valence-electron chi connectivity index (χ1n) is 13.3. The molecule has 0 radical (unpaired) electrons. The van der Waals surface area contributed by atoms with Crippen LogP contribution in [0.1, 0.15) is 6.92 Å². The minimum atomic E-state index is -0.168. The fourth-order valence-corrected chi connectivity index (χ4v) is 5.21. The zero-order valence-electron chi connectivity index (χ0n) is 22.9. The van der Waals surface area contributed by atoms with E-state index in [-0.39, 0.29) is 17.7 Å². The predicted octanol–water partition coefficient (Wildman–Crippen LogP) is 1.86. The molecule has 0 bridgehead atoms. The molecule has 0 aliphatic carbocycles. The van der Waals surface area contributed by atoms with Gasteiger partial charge in [0.2, 0.25) is 11.8 Å². The van der Waals surface area contributed by atoms with Gasteiger partial charge in [0.25, 0.3) is 0 Å². The number of anilines is 2. The van der Waals surface area contributed by atoms with E-state index in [9.17, 15) is 4.79 Å². The smallest absolute Gasteiger partial charge is 0.330 e. The standard InChI is InChI=1S/C27H33N9O4/c1-18(17-38-3)40-20-8-6-19(7-9-20)34-13-10-33(11-14-34)12-15-35-24-22(32(2)27(35)37)25-29-23(21-5-4-16-39-21)31-36(25)26(28)30-24/h4-9,16,18H,10-15,17H2,1-3H3,(H2,28,30). The number of aromatic nitrogens is 6. The van der Waals surface area contributed by atoms with E-state index in [0.717, 1.165) is 31.9 Å². The summed E-state index contributed by atoms with van der Waals surface area (Å²) < 4.78 is 21.1. The molecule has 1 fully saturated rings. The third-order valence-electron chi connectivity index (χ3n) is 7.27. The Morgan fingerprint density at radius 3 is 2.52 bits per heavy atom. The number of hydrogen-bond donors (Lipinski definition) is 1. The molecule has 5 aromatic rings. The van der Waals surface area contributed by atoms with Crippen molar-refractivity contribution in [2.45, 2.75) is 19.6 Å². The molecule has 6 rings (SSSR count). The number of hydrogen-bond acceptors (Lipinski definition) is 10. The van der Waals surface area contributed by atoms with Crippen LogP contribution in [0.5, 0.6) is 5.75 Å². The Labute approximate surface area is 230 Å². The average molecular weight is 548 g/mol. The molecule has 1 aliphatic heterocycles. The van der Waals surface area contributed by atoms with Crippen LogP contribution < -0.4 is 21.1 Å². The van der Waals surface area contributed by atoms with Crippen molar-refractivity contribution in [1.82, 2.24) is 33.6 Å². The molecule has 13 heteroatoms. The van der Waals surface area contributed by atoms with E-state index in [1.54, 1.807) is 41.7 Å². The van der Waals surface area contributed by atoms with Gasteiger partial charge in [-0.1, -0.05) is 0 Å². The van der Waals surface area contributed by atoms with E-state index in [1.807, 2.05) is 19.1 Å². The van der Waals surface area contributed by atoms with Crippen molar-refractivity contribution < 1.29 is 13.9 Å². The molecule has 5 heterocycles. The van der Waals surface area contributed by atoms with Gasteiger partial charge in [-0.3, -0.25) is 14.0 Å². The van der Waals surface area contributed by atoms with Crippen molar-refractivity contribution in [3.05, 3.63) is 53.1 Å². The molecule has 210 valence electrons. The summed E-state index contributed by atoms with van der Waals surface area (Å²) in [6, 6.07) is 11.7. The summed E-state index contributed by atoms with van der Waals surface area (Å²) in [4.78, 5) is 27.1. The molecule has 1 atom stereocenters. The summed E-state index contributed by atoms with van der Waals surface area (Å²) in [5.74, 6) is 1.89. The lowest BCUT2D eigenvalue weighted by atomic mass is 10.2. The van der Waals surface area contributed by atoms with Crippen molar-refractivity contribution >= 4 is 28.4 Å². The first-order valence-corrected chi connectivity index (χ1v) is 13.3. The highest BCUT2D eigenvalue weighted by molar-refractivity contribution is 5.88. The van der Waals surface area contributed by atoms with Gasteiger partial charge < -0.3 is 24.5 Å². The summed E-state index contributed by atoms with van der Waals surface area (Å²) in [7, 11) is 3.39. The second-order valence-electron chi connectivity index (χ2n) is 9.99. The van der Waals surface area contributed by atoms with Gasteiger partial charge in [0, 0.05) is 59.1 Å². The van der Waals surface area contributed by atoms with Gasteiger partial charge >= 0.3 is 5.69 Å². The summed E-state index contributed by atoms with van der Waals surface area (Å²) >= 11 is 0. The summed E-state index contributed by atoms with van der Waals surface area (Å²) in [6.07, 6.45) is 1.56. The van der Waals surface area contributed by atoms with Crippen LogP contribution in [-0.4, -0.2) is 86.2 Å². The van der Waals surface area contributed by atoms with Crippen LogP contribution in [0, 0.1) is 0 Å². The highest BCUT2D eigenvalue weighted by atomic mass is 16.5. The van der Waals surface area contributed by atoms with Crippen molar-refractivity contribution in [3.8, 4) is 17.3 Å². The Hall–Kier alpha value is -4.36. The zero-order valence-corrected chi connectivity index (χ0v) is 22.9. The van der Waals surface area contributed by atoms with E-state index >= 15 is 0 Å². The van der Waals surface area contributed by atoms with E-state index < -0.39 is 0 Å². The maximum atomic E-state index is 13.2. The third kappa shape index (κ3) is 4.77. The van der Waals surface area contributed by atoms with Crippen molar-refractivity contribution in [1.29, 1.82) is 0 Å². The number of piperazine rings is 1. The molecule has 1 saturated heterocycles. The van der Waals surface area contributed by atoms with Crippen LogP contribution in [0.2, 0.25) is 0 Å². The lowest BCUT2D eigenvalue weighted by molar-refractivity contribution is 0.0921. The maximum absolute atomic E-state index is 13.2. The molecule has 1 aliphatic rings. The number of methoxy groups -OCH3 is 1. The summed E-state index contributed by atoms with van der Waals surface area (Å²) in [6.45, 7) is 7.31. The van der Waals surface area contributed by atoms with Crippen LogP contribution in [-0.2, 0) is 18.3 Å². The molecular weight excluding hydrogens is 514 g/mol. The number of nitrogen functional groups attached to an aromatic ring is 1. The van der Waals surface area contributed by atoms with Gasteiger partial charge in [0.1, 0.15) is 17.4 Å². The fourth-order valence-electron chi connectivity index (χ4n) is 5.21. The Balaban J connectivity index is 1.13. The molecular formula is C27H33N9O4. The zero-order chi connectivity index (χ0) is 27.8. The van der Waals surface area contributed by atoms with Gasteiger partial charge in [-0.25, -0.2) is 9.78 Å². The first-order chi connectivity index (χ1) is 19.4. The van der Waals surface area contributed by atoms with Gasteiger partial charge in [-0.05, 0) is 43.3 Å². The number of fused-ring (bicyclic) bond motifs is 3. The van der Waals surface area contributed by atoms with Crippen LogP contribution in [0.3, 0.4) is 0 Å². The SMILES string of the molecule is COCC(C)Oc1ccc(N2CCN(CCn3c(=O)n(C)c4c3nc(N)n3nc(-c5ccco5)nc43)CC2)cc1. The monoisotopic (exact) mass is 547 g/mol. The third-order valence-corrected chi connectivity index (χ3v) is 7.27. The van der Waals surface area contributed by atoms with Crippen LogP contribution >= 0.6 is 0 Å². The van der Waals surface area contributed by atoms with Crippen molar-refractivity contribution in [2.24, 2.45) is 7.05 Å². The predicted molar refractivity (Wildman–Crippen MR) is 151 cm³/mol. The fraction of sp³-hybridized carbons (Fsp3) is 0.407. The van der Waals surface area contributed by atoms with Gasteiger partial charge in [-0.15, -0.1) is 5.10 Å². The second kappa shape index (κ2) is 10.7. The van der Waals surface area contributed by atoms with E-state index in [0.29, 0.717) is 48.1 Å². The topological polar surface area (TPSA) is 134 Å². The molecule has 1 unspecified atom stereocenters. The number of imidazole rings is 1. The first kappa shape index (κ1) is 25.9. The number of aryl methyl sites for hydroxylation is 1. The quantitative estimate of drug-likeness (QED) is 0.291. The lowest BCUT2D eigenvalue weighted by Gasteiger charge is -2.36. The van der Waals surface area contributed by atoms with Crippen molar-refractivity contribution in [3.63, 3.8) is 0 Å². The molecule has 0 spiro atoms. The summed E-state index contributed by atoms with van der Waals surface area (Å²) in [5.41, 5.74) is 8.78. The van der Waals surface area contributed by atoms with Crippen LogP contribution in [0.25, 0.3) is 28.4 Å². The van der Waals surface area contributed by atoms with E-state index in [2.05, 4.69) is 37.0 Å². The van der Waals surface area contributed by atoms with Crippen LogP contribution in [0.15, 0.2) is 51.9 Å². The molecule has 2 N–H and O–H groups in total. The highest BCUT2D eigenvalue weighted by Gasteiger charge is 2.23. The Morgan fingerprint density at radius 2 is 1.82 bits per heavy atom. The van der Waals surface area contributed by atoms with Gasteiger partial charge in [-0.2, -0.15) is 9.50 Å². The van der Waals surface area contributed by atoms with Crippen molar-refractivity contribution in [2.75, 3.05) is 57.1 Å². The van der Waals surface area contributed by atoms with Crippen LogP contribution in [0.4, 0.5) is 11.6 Å². The Kier molecular flexibility index (Phi) is 6.90. The minimum Gasteiger partial charge on any atom is -0.488 e. The minimum absolute atomic E-state index is 0.00174. The summed E-state index contributed by atoms with van der Waals surface area (Å²) in [5, 5.41) is 4.44. The second-order valence-corrected chi connectivity index (χ2v) is 9.99. The molecule has 0 amide bonds. The van der Waals surface area contributed by atoms with Gasteiger partial charge in [0.15, 0.2) is 17.1 Å². The Morgan fingerprint density at radius 1 is 1.05 bits per heavy atom. The number of ether oxygens (including phenoxy) is 2. The maximum Gasteiger partial charge on any atom is 0.330 e.